The molecular weight excluding hydrogens is 236 g/mol. The molecule has 17 heavy (non-hydrogen) atoms. The van der Waals surface area contributed by atoms with E-state index in [9.17, 15) is 4.79 Å². The fourth-order valence-electron chi connectivity index (χ4n) is 1.53. The molecule has 2 aromatic rings. The van der Waals surface area contributed by atoms with Crippen molar-refractivity contribution in [3.05, 3.63) is 28.1 Å². The highest BCUT2D eigenvalue weighted by Crippen LogP contribution is 2.15. The van der Waals surface area contributed by atoms with Gasteiger partial charge in [0.1, 0.15) is 4.70 Å². The first-order valence-electron chi connectivity index (χ1n) is 5.51. The largest absolute Gasteiger partial charge is 0.379 e. The number of nitrogens with zero attached hydrogens (tertiary/aromatic N) is 2. The van der Waals surface area contributed by atoms with Gasteiger partial charge in [-0.2, -0.15) is 0 Å². The maximum absolute atomic E-state index is 12.1. The van der Waals surface area contributed by atoms with Gasteiger partial charge in [-0.15, -0.1) is 11.3 Å². The number of hydrogen-bond acceptors (Lipinski definition) is 4. The van der Waals surface area contributed by atoms with Gasteiger partial charge in [-0.05, 0) is 31.7 Å². The quantitative estimate of drug-likeness (QED) is 0.838. The van der Waals surface area contributed by atoms with Crippen LogP contribution in [-0.2, 0) is 11.3 Å². The molecule has 0 radical (unpaired) electrons. The van der Waals surface area contributed by atoms with Crippen LogP contribution in [0.2, 0.25) is 0 Å². The van der Waals surface area contributed by atoms with E-state index < -0.39 is 0 Å². The van der Waals surface area contributed by atoms with Crippen LogP contribution in [0.15, 0.2) is 22.6 Å². The molecule has 0 aliphatic carbocycles. The number of thiophene rings is 1. The summed E-state index contributed by atoms with van der Waals surface area (Å²) < 4.78 is 7.72. The van der Waals surface area contributed by atoms with Gasteiger partial charge in [-0.3, -0.25) is 9.36 Å². The monoisotopic (exact) mass is 252 g/mol. The Hall–Kier alpha value is -1.20. The lowest BCUT2D eigenvalue weighted by atomic mass is 10.1. The molecule has 0 atom stereocenters. The average Bonchev–Trinajstić information content (AvgIpc) is 2.77. The van der Waals surface area contributed by atoms with Gasteiger partial charge < -0.3 is 4.74 Å². The Morgan fingerprint density at radius 1 is 1.53 bits per heavy atom. The molecule has 0 unspecified atom stereocenters. The lowest BCUT2D eigenvalue weighted by molar-refractivity contribution is 0.0118. The number of methoxy groups -OCH3 is 1. The molecule has 5 heteroatoms. The summed E-state index contributed by atoms with van der Waals surface area (Å²) in [5.74, 6) is 0. The summed E-state index contributed by atoms with van der Waals surface area (Å²) in [7, 11) is 1.68. The number of rotatable bonds is 4. The SMILES string of the molecule is COC(C)(C)CCn1cnc2ccsc2c1=O. The van der Waals surface area contributed by atoms with Crippen molar-refractivity contribution in [1.29, 1.82) is 0 Å². The fraction of sp³-hybridized carbons (Fsp3) is 0.500. The number of ether oxygens (including phenoxy) is 1. The summed E-state index contributed by atoms with van der Waals surface area (Å²) in [5.41, 5.74) is 0.600. The maximum Gasteiger partial charge on any atom is 0.271 e. The normalized spacial score (nSPS) is 12.2. The van der Waals surface area contributed by atoms with Gasteiger partial charge in [0, 0.05) is 13.7 Å². The predicted molar refractivity (Wildman–Crippen MR) is 69.6 cm³/mol. The van der Waals surface area contributed by atoms with E-state index in [4.69, 9.17) is 4.74 Å². The van der Waals surface area contributed by atoms with Crippen LogP contribution >= 0.6 is 11.3 Å². The van der Waals surface area contributed by atoms with Gasteiger partial charge in [0.05, 0.1) is 17.4 Å². The van der Waals surface area contributed by atoms with Crippen LogP contribution < -0.4 is 5.56 Å². The lowest BCUT2D eigenvalue weighted by Crippen LogP contribution is -2.28. The Morgan fingerprint density at radius 3 is 3.00 bits per heavy atom. The third-order valence-electron chi connectivity index (χ3n) is 2.94. The van der Waals surface area contributed by atoms with Crippen LogP contribution in [0.5, 0.6) is 0 Å². The van der Waals surface area contributed by atoms with Gasteiger partial charge in [0.15, 0.2) is 0 Å². The molecule has 92 valence electrons. The highest BCUT2D eigenvalue weighted by Gasteiger charge is 2.16. The molecule has 0 aliphatic rings. The molecule has 0 aliphatic heterocycles. The minimum atomic E-state index is -0.218. The van der Waals surface area contributed by atoms with E-state index in [1.54, 1.807) is 18.0 Å². The Morgan fingerprint density at radius 2 is 2.29 bits per heavy atom. The summed E-state index contributed by atoms with van der Waals surface area (Å²) in [4.78, 5) is 16.3. The van der Waals surface area contributed by atoms with Crippen molar-refractivity contribution in [2.24, 2.45) is 0 Å². The molecule has 2 aromatic heterocycles. The number of fused-ring (bicyclic) bond motifs is 1. The van der Waals surface area contributed by atoms with E-state index >= 15 is 0 Å². The molecule has 0 bridgehead atoms. The third-order valence-corrected chi connectivity index (χ3v) is 3.83. The predicted octanol–water partition coefficient (Wildman–Crippen LogP) is 2.27. The van der Waals surface area contributed by atoms with Crippen molar-refractivity contribution in [2.75, 3.05) is 7.11 Å². The zero-order valence-electron chi connectivity index (χ0n) is 10.3. The minimum Gasteiger partial charge on any atom is -0.379 e. The summed E-state index contributed by atoms with van der Waals surface area (Å²) in [6, 6.07) is 1.87. The van der Waals surface area contributed by atoms with Crippen molar-refractivity contribution in [3.63, 3.8) is 0 Å². The number of hydrogen-bond donors (Lipinski definition) is 0. The second-order valence-electron chi connectivity index (χ2n) is 4.59. The average molecular weight is 252 g/mol. The summed E-state index contributed by atoms with van der Waals surface area (Å²) in [5, 5.41) is 1.89. The molecule has 0 saturated heterocycles. The molecular formula is C12H16N2O2S. The van der Waals surface area contributed by atoms with Gasteiger partial charge in [0.2, 0.25) is 0 Å². The molecule has 0 spiro atoms. The Bertz CT molecular complexity index is 571. The van der Waals surface area contributed by atoms with Crippen LogP contribution in [0, 0.1) is 0 Å². The maximum atomic E-state index is 12.1. The second-order valence-corrected chi connectivity index (χ2v) is 5.51. The Balaban J connectivity index is 2.25. The zero-order valence-corrected chi connectivity index (χ0v) is 11.1. The zero-order chi connectivity index (χ0) is 12.5. The van der Waals surface area contributed by atoms with E-state index in [0.29, 0.717) is 6.54 Å². The molecule has 0 fully saturated rings. The Kier molecular flexibility index (Phi) is 3.31. The molecule has 2 heterocycles. The van der Waals surface area contributed by atoms with Crippen LogP contribution in [0.25, 0.3) is 10.2 Å². The van der Waals surface area contributed by atoms with Crippen LogP contribution in [-0.4, -0.2) is 22.3 Å². The summed E-state index contributed by atoms with van der Waals surface area (Å²) in [6.07, 6.45) is 2.39. The standard InChI is InChI=1S/C12H16N2O2S/c1-12(2,16-3)5-6-14-8-13-9-4-7-17-10(9)11(14)15/h4,7-8H,5-6H2,1-3H3. The number of aryl methyl sites for hydroxylation is 1. The molecule has 0 saturated carbocycles. The smallest absolute Gasteiger partial charge is 0.271 e. The highest BCUT2D eigenvalue weighted by atomic mass is 32.1. The van der Waals surface area contributed by atoms with E-state index in [2.05, 4.69) is 4.98 Å². The van der Waals surface area contributed by atoms with Gasteiger partial charge >= 0.3 is 0 Å². The molecule has 2 rings (SSSR count). The Labute approximate surface area is 104 Å². The minimum absolute atomic E-state index is 0.0388. The van der Waals surface area contributed by atoms with Crippen LogP contribution in [0.1, 0.15) is 20.3 Å². The molecule has 0 amide bonds. The van der Waals surface area contributed by atoms with E-state index in [0.717, 1.165) is 16.6 Å². The number of aromatic nitrogens is 2. The third kappa shape index (κ3) is 2.56. The molecule has 4 nitrogen and oxygen atoms in total. The van der Waals surface area contributed by atoms with Gasteiger partial charge in [-0.1, -0.05) is 0 Å². The van der Waals surface area contributed by atoms with Crippen molar-refractivity contribution in [2.45, 2.75) is 32.4 Å². The summed E-state index contributed by atoms with van der Waals surface area (Å²) in [6.45, 7) is 4.64. The van der Waals surface area contributed by atoms with E-state index in [1.807, 2.05) is 25.3 Å². The second kappa shape index (κ2) is 4.58. The van der Waals surface area contributed by atoms with E-state index in [1.165, 1.54) is 11.3 Å². The lowest BCUT2D eigenvalue weighted by Gasteiger charge is -2.22. The topological polar surface area (TPSA) is 44.1 Å². The first-order valence-corrected chi connectivity index (χ1v) is 6.39. The van der Waals surface area contributed by atoms with Gasteiger partial charge in [-0.25, -0.2) is 4.98 Å². The highest BCUT2D eigenvalue weighted by molar-refractivity contribution is 7.17. The van der Waals surface area contributed by atoms with Crippen molar-refractivity contribution in [3.8, 4) is 0 Å². The van der Waals surface area contributed by atoms with Gasteiger partial charge in [0.25, 0.3) is 5.56 Å². The van der Waals surface area contributed by atoms with Crippen LogP contribution in [0.4, 0.5) is 0 Å². The first kappa shape index (κ1) is 12.3. The first-order chi connectivity index (χ1) is 8.03. The molecule has 0 N–H and O–H groups in total. The van der Waals surface area contributed by atoms with Crippen molar-refractivity contribution < 1.29 is 4.74 Å². The van der Waals surface area contributed by atoms with Crippen molar-refractivity contribution >= 4 is 21.6 Å². The van der Waals surface area contributed by atoms with E-state index in [-0.39, 0.29) is 11.2 Å². The van der Waals surface area contributed by atoms with Crippen molar-refractivity contribution in [1.82, 2.24) is 9.55 Å². The fourth-order valence-corrected chi connectivity index (χ4v) is 2.32. The molecule has 0 aromatic carbocycles. The summed E-state index contributed by atoms with van der Waals surface area (Å²) >= 11 is 1.44. The van der Waals surface area contributed by atoms with Crippen LogP contribution in [0.3, 0.4) is 0 Å².